The molecular formula is C23H17N5O3S. The van der Waals surface area contributed by atoms with Crippen molar-refractivity contribution < 1.29 is 9.66 Å². The summed E-state index contributed by atoms with van der Waals surface area (Å²) in [5.41, 5.74) is 7.75. The summed E-state index contributed by atoms with van der Waals surface area (Å²) in [5, 5.41) is 31.1. The monoisotopic (exact) mass is 443 g/mol. The average molecular weight is 443 g/mol. The molecule has 3 aromatic rings. The van der Waals surface area contributed by atoms with Gasteiger partial charge in [-0.1, -0.05) is 54.7 Å². The molecule has 1 heterocycles. The van der Waals surface area contributed by atoms with E-state index in [4.69, 9.17) is 10.5 Å². The standard InChI is InChI=1S/C23H17N5O3S/c1-2-11-31-17-9-7-15(8-10-17)21-18(12-24)22(26)27-23(19(21)13-25)32-14-16-5-3-4-6-20(16)28(29)30/h2-10H,1,11,14H2,(H2,26,27). The highest BCUT2D eigenvalue weighted by atomic mass is 32.2. The lowest BCUT2D eigenvalue weighted by Crippen LogP contribution is -2.04. The van der Waals surface area contributed by atoms with E-state index < -0.39 is 4.92 Å². The number of thioether (sulfide) groups is 1. The zero-order chi connectivity index (χ0) is 23.1. The van der Waals surface area contributed by atoms with Crippen LogP contribution in [-0.4, -0.2) is 16.5 Å². The van der Waals surface area contributed by atoms with Gasteiger partial charge in [-0.25, -0.2) is 4.98 Å². The zero-order valence-corrected chi connectivity index (χ0v) is 17.6. The van der Waals surface area contributed by atoms with Crippen LogP contribution >= 0.6 is 11.8 Å². The Hall–Kier alpha value is -4.34. The molecule has 0 aliphatic heterocycles. The molecule has 1 aromatic heterocycles. The van der Waals surface area contributed by atoms with Crippen molar-refractivity contribution >= 4 is 23.3 Å². The molecule has 32 heavy (non-hydrogen) atoms. The lowest BCUT2D eigenvalue weighted by atomic mass is 9.97. The van der Waals surface area contributed by atoms with Gasteiger partial charge in [0.05, 0.1) is 10.5 Å². The van der Waals surface area contributed by atoms with Gasteiger partial charge in [0.2, 0.25) is 0 Å². The Morgan fingerprint density at radius 1 is 1.16 bits per heavy atom. The molecule has 9 heteroatoms. The van der Waals surface area contributed by atoms with Crippen LogP contribution in [0, 0.1) is 32.8 Å². The van der Waals surface area contributed by atoms with Crippen molar-refractivity contribution in [1.29, 1.82) is 10.5 Å². The molecule has 0 spiro atoms. The van der Waals surface area contributed by atoms with Gasteiger partial charge in [-0.15, -0.1) is 0 Å². The first kappa shape index (κ1) is 22.3. The van der Waals surface area contributed by atoms with Crippen LogP contribution in [0.25, 0.3) is 11.1 Å². The number of nitrogens with zero attached hydrogens (tertiary/aromatic N) is 4. The molecule has 0 aliphatic rings. The fourth-order valence-corrected chi connectivity index (χ4v) is 4.01. The van der Waals surface area contributed by atoms with Gasteiger partial charge in [0.1, 0.15) is 40.9 Å². The topological polar surface area (TPSA) is 139 Å². The van der Waals surface area contributed by atoms with E-state index in [2.05, 4.69) is 17.6 Å². The second-order valence-corrected chi connectivity index (χ2v) is 7.41. The third kappa shape index (κ3) is 4.69. The van der Waals surface area contributed by atoms with Crippen molar-refractivity contribution in [2.24, 2.45) is 0 Å². The molecule has 8 nitrogen and oxygen atoms in total. The van der Waals surface area contributed by atoms with Crippen LogP contribution in [0.15, 0.2) is 66.2 Å². The number of ether oxygens (including phenoxy) is 1. The van der Waals surface area contributed by atoms with Gasteiger partial charge in [0, 0.05) is 22.9 Å². The summed E-state index contributed by atoms with van der Waals surface area (Å²) in [7, 11) is 0. The van der Waals surface area contributed by atoms with Crippen LogP contribution in [0.1, 0.15) is 16.7 Å². The number of nitro groups is 1. The molecule has 0 saturated carbocycles. The van der Waals surface area contributed by atoms with Crippen LogP contribution < -0.4 is 10.5 Å². The molecule has 158 valence electrons. The van der Waals surface area contributed by atoms with E-state index in [0.29, 0.717) is 34.1 Å². The molecule has 0 radical (unpaired) electrons. The SMILES string of the molecule is C=CCOc1ccc(-c2c(C#N)c(N)nc(SCc3ccccc3[N+](=O)[O-])c2C#N)cc1. The molecule has 0 aliphatic carbocycles. The van der Waals surface area contributed by atoms with Crippen LogP contribution in [0.3, 0.4) is 0 Å². The molecule has 3 rings (SSSR count). The Kier molecular flexibility index (Phi) is 7.06. The number of nitriles is 2. The van der Waals surface area contributed by atoms with Gasteiger partial charge >= 0.3 is 0 Å². The molecule has 0 unspecified atom stereocenters. The molecule has 0 fully saturated rings. The molecule has 0 amide bonds. The second kappa shape index (κ2) is 10.1. The number of nitro benzene ring substituents is 1. The highest BCUT2D eigenvalue weighted by Gasteiger charge is 2.21. The Morgan fingerprint density at radius 2 is 1.84 bits per heavy atom. The number of nitrogen functional groups attached to an aromatic ring is 1. The maximum atomic E-state index is 11.3. The third-order valence-corrected chi connectivity index (χ3v) is 5.50. The largest absolute Gasteiger partial charge is 0.490 e. The van der Waals surface area contributed by atoms with Crippen LogP contribution in [0.4, 0.5) is 11.5 Å². The molecule has 2 N–H and O–H groups in total. The Bertz CT molecular complexity index is 1260. The maximum Gasteiger partial charge on any atom is 0.273 e. The average Bonchev–Trinajstić information content (AvgIpc) is 2.81. The van der Waals surface area contributed by atoms with E-state index >= 15 is 0 Å². The van der Waals surface area contributed by atoms with Gasteiger partial charge < -0.3 is 10.5 Å². The van der Waals surface area contributed by atoms with Gasteiger partial charge in [0.15, 0.2) is 0 Å². The number of nitrogens with two attached hydrogens (primary N) is 1. The van der Waals surface area contributed by atoms with Crippen LogP contribution in [-0.2, 0) is 5.75 Å². The third-order valence-electron chi connectivity index (χ3n) is 4.48. The number of hydrogen-bond donors (Lipinski definition) is 1. The van der Waals surface area contributed by atoms with Crippen molar-refractivity contribution in [3.05, 3.63) is 88.0 Å². The van der Waals surface area contributed by atoms with Crippen molar-refractivity contribution in [3.63, 3.8) is 0 Å². The number of rotatable bonds is 8. The van der Waals surface area contributed by atoms with Crippen molar-refractivity contribution in [1.82, 2.24) is 4.98 Å². The Morgan fingerprint density at radius 3 is 2.47 bits per heavy atom. The minimum absolute atomic E-state index is 0.0152. The normalized spacial score (nSPS) is 10.1. The first-order valence-corrected chi connectivity index (χ1v) is 10.3. The summed E-state index contributed by atoms with van der Waals surface area (Å²) < 4.78 is 5.48. The fraction of sp³-hybridized carbons (Fsp3) is 0.0870. The van der Waals surface area contributed by atoms with Gasteiger partial charge in [0.25, 0.3) is 5.69 Å². The Balaban J connectivity index is 2.04. The fourth-order valence-electron chi connectivity index (χ4n) is 3.02. The number of pyridine rings is 1. The van der Waals surface area contributed by atoms with E-state index in [1.165, 1.54) is 6.07 Å². The first-order valence-electron chi connectivity index (χ1n) is 9.33. The molecule has 0 bridgehead atoms. The molecule has 0 saturated heterocycles. The lowest BCUT2D eigenvalue weighted by Gasteiger charge is -2.13. The predicted octanol–water partition coefficient (Wildman–Crippen LogP) is 4.84. The molecular weight excluding hydrogens is 426 g/mol. The van der Waals surface area contributed by atoms with E-state index in [1.54, 1.807) is 48.5 Å². The smallest absolute Gasteiger partial charge is 0.273 e. The van der Waals surface area contributed by atoms with Gasteiger partial charge in [-0.05, 0) is 17.7 Å². The number of hydrogen-bond acceptors (Lipinski definition) is 8. The first-order chi connectivity index (χ1) is 15.5. The van der Waals surface area contributed by atoms with E-state index in [0.717, 1.165) is 11.8 Å². The van der Waals surface area contributed by atoms with Crippen LogP contribution in [0.5, 0.6) is 5.75 Å². The summed E-state index contributed by atoms with van der Waals surface area (Å²) in [4.78, 5) is 15.1. The number of benzene rings is 2. The van der Waals surface area contributed by atoms with Crippen molar-refractivity contribution in [3.8, 4) is 29.0 Å². The molecule has 0 atom stereocenters. The summed E-state index contributed by atoms with van der Waals surface area (Å²) in [5.74, 6) is 0.801. The van der Waals surface area contributed by atoms with E-state index in [1.807, 2.05) is 6.07 Å². The van der Waals surface area contributed by atoms with Gasteiger partial charge in [-0.3, -0.25) is 10.1 Å². The van der Waals surface area contributed by atoms with Crippen molar-refractivity contribution in [2.45, 2.75) is 10.8 Å². The number of para-hydroxylation sites is 1. The zero-order valence-electron chi connectivity index (χ0n) is 16.8. The lowest BCUT2D eigenvalue weighted by molar-refractivity contribution is -0.385. The minimum Gasteiger partial charge on any atom is -0.490 e. The highest BCUT2D eigenvalue weighted by molar-refractivity contribution is 7.98. The summed E-state index contributed by atoms with van der Waals surface area (Å²) in [6.45, 7) is 3.95. The number of aromatic nitrogens is 1. The van der Waals surface area contributed by atoms with Crippen LogP contribution in [0.2, 0.25) is 0 Å². The van der Waals surface area contributed by atoms with E-state index in [9.17, 15) is 20.6 Å². The predicted molar refractivity (Wildman–Crippen MR) is 122 cm³/mol. The number of anilines is 1. The summed E-state index contributed by atoms with van der Waals surface area (Å²) in [6, 6.07) is 17.4. The maximum absolute atomic E-state index is 11.3. The quantitative estimate of drug-likeness (QED) is 0.226. The van der Waals surface area contributed by atoms with E-state index in [-0.39, 0.29) is 28.4 Å². The van der Waals surface area contributed by atoms with Gasteiger partial charge in [-0.2, -0.15) is 10.5 Å². The minimum atomic E-state index is -0.455. The summed E-state index contributed by atoms with van der Waals surface area (Å²) in [6.07, 6.45) is 1.62. The second-order valence-electron chi connectivity index (χ2n) is 6.45. The Labute approximate surface area is 188 Å². The summed E-state index contributed by atoms with van der Waals surface area (Å²) >= 11 is 1.15. The van der Waals surface area contributed by atoms with Crippen molar-refractivity contribution in [2.75, 3.05) is 12.3 Å². The highest BCUT2D eigenvalue weighted by Crippen LogP contribution is 2.37. The molecule has 2 aromatic carbocycles.